The van der Waals surface area contributed by atoms with Crippen molar-refractivity contribution in [3.05, 3.63) is 0 Å². The van der Waals surface area contributed by atoms with E-state index in [9.17, 15) is 0 Å². The van der Waals surface area contributed by atoms with Crippen LogP contribution in [0.15, 0.2) is 0 Å². The van der Waals surface area contributed by atoms with E-state index < -0.39 is 11.6 Å². The Kier molecular flexibility index (Phi) is 65.6. The molecule has 0 saturated carbocycles. The van der Waals surface area contributed by atoms with E-state index in [4.69, 9.17) is 8.42 Å². The van der Waals surface area contributed by atoms with Gasteiger partial charge in [0.05, 0.1) is 0 Å². The summed E-state index contributed by atoms with van der Waals surface area (Å²) in [6, 6.07) is 0. The molecular formula is CaO3S. The summed E-state index contributed by atoms with van der Waals surface area (Å²) in [5, 5.41) is 0. The Balaban J connectivity index is -0.0000000200. The molecule has 0 aliphatic rings. The van der Waals surface area contributed by atoms with E-state index >= 15 is 0 Å². The Hall–Kier alpha value is 1.04. The maximum atomic E-state index is 8.29. The molecule has 5 heavy (non-hydrogen) atoms. The van der Waals surface area contributed by atoms with E-state index in [1.54, 1.807) is 0 Å². The van der Waals surface area contributed by atoms with Gasteiger partial charge in [0.1, 0.15) is 0 Å². The molecule has 0 fully saturated rings. The van der Waals surface area contributed by atoms with Crippen LogP contribution in [-0.4, -0.2) is 46.2 Å². The summed E-state index contributed by atoms with van der Waals surface area (Å²) in [4.78, 5) is 0. The summed E-state index contributed by atoms with van der Waals surface area (Å²) in [6.45, 7) is 0. The van der Waals surface area contributed by atoms with Crippen molar-refractivity contribution in [3.63, 3.8) is 0 Å². The Morgan fingerprint density at radius 1 is 1.20 bits per heavy atom. The van der Waals surface area contributed by atoms with Gasteiger partial charge in [-0.3, -0.25) is 0 Å². The second-order valence-corrected chi connectivity index (χ2v) is 0.204. The predicted molar refractivity (Wildman–Crippen MR) is 15.4 cm³/mol. The first kappa shape index (κ1) is 16.6. The zero-order valence-corrected chi connectivity index (χ0v) is 5.36. The molecule has 0 bridgehead atoms. The summed E-state index contributed by atoms with van der Waals surface area (Å²) in [7, 11) is 0. The van der Waals surface area contributed by atoms with Gasteiger partial charge in [-0.15, -0.1) is 0 Å². The van der Waals surface area contributed by atoms with Gasteiger partial charge in [0.25, 0.3) is 0 Å². The molecule has 0 aromatic rings. The predicted octanol–water partition coefficient (Wildman–Crippen LogP) is -1.17. The quantitative estimate of drug-likeness (QED) is 0.378. The average Bonchev–Trinajstić information content (AvgIpc) is 0.918. The van der Waals surface area contributed by atoms with Gasteiger partial charge < -0.3 is 5.48 Å². The summed E-state index contributed by atoms with van der Waals surface area (Å²) in [5.41, 5.74) is 0. The molecule has 0 radical (unpaired) electrons. The first-order chi connectivity index (χ1) is 1.41. The smallest absolute Gasteiger partial charge is 2.00 e. The van der Waals surface area contributed by atoms with Crippen molar-refractivity contribution in [2.45, 2.75) is 0 Å². The third kappa shape index (κ3) is 43.1. The Morgan fingerprint density at radius 2 is 1.20 bits per heavy atom. The van der Waals surface area contributed by atoms with Crippen molar-refractivity contribution in [1.29, 1.82) is 0 Å². The fraction of sp³-hybridized carbons (Fsp3) is 0. The van der Waals surface area contributed by atoms with Gasteiger partial charge in [0, 0.05) is 0 Å². The van der Waals surface area contributed by atoms with Crippen LogP contribution < -0.4 is 0 Å². The Morgan fingerprint density at radius 3 is 1.20 bits per heavy atom. The van der Waals surface area contributed by atoms with Crippen molar-refractivity contribution in [2.24, 2.45) is 0 Å². The van der Waals surface area contributed by atoms with Crippen LogP contribution in [0, 0.1) is 0 Å². The van der Waals surface area contributed by atoms with Crippen LogP contribution in [0.25, 0.3) is 0 Å². The summed E-state index contributed by atoms with van der Waals surface area (Å²) in [6.07, 6.45) is 0. The van der Waals surface area contributed by atoms with Gasteiger partial charge in [0.2, 0.25) is 0 Å². The number of hydrogen-bond acceptors (Lipinski definition) is 2. The van der Waals surface area contributed by atoms with E-state index in [0.29, 0.717) is 0 Å². The third-order valence-corrected chi connectivity index (χ3v) is 0. The molecule has 26 valence electrons. The second-order valence-electron chi connectivity index (χ2n) is 0.0680. The second kappa shape index (κ2) is 19.8. The van der Waals surface area contributed by atoms with Gasteiger partial charge in [-0.1, -0.05) is 0 Å². The minimum atomic E-state index is -0.750. The molecule has 0 amide bonds. The van der Waals surface area contributed by atoms with Crippen LogP contribution in [0.1, 0.15) is 0 Å². The molecule has 3 nitrogen and oxygen atoms in total. The summed E-state index contributed by atoms with van der Waals surface area (Å²) in [5.74, 6) is 0. The van der Waals surface area contributed by atoms with Crippen LogP contribution in [0.3, 0.4) is 0 Å². The van der Waals surface area contributed by atoms with Gasteiger partial charge in [-0.2, -0.15) is 8.42 Å². The van der Waals surface area contributed by atoms with Crippen molar-refractivity contribution in [2.75, 3.05) is 0 Å². The molecule has 0 aliphatic carbocycles. The first-order valence-corrected chi connectivity index (χ1v) is 1.00. The van der Waals surface area contributed by atoms with Crippen LogP contribution in [0.4, 0.5) is 0 Å². The molecule has 0 heterocycles. The Labute approximate surface area is 62.7 Å². The van der Waals surface area contributed by atoms with Gasteiger partial charge in [-0.05, 0) is 0 Å². The van der Waals surface area contributed by atoms with Crippen molar-refractivity contribution < 1.29 is 13.9 Å². The number of hydrogen-bond donors (Lipinski definition) is 0. The van der Waals surface area contributed by atoms with Crippen molar-refractivity contribution >= 4 is 49.3 Å². The maximum absolute atomic E-state index is 8.29. The van der Waals surface area contributed by atoms with Crippen molar-refractivity contribution in [1.82, 2.24) is 0 Å². The minimum Gasteiger partial charge on any atom is -2.00 e. The minimum absolute atomic E-state index is 0. The molecule has 0 aliphatic heterocycles. The fourth-order valence-electron chi connectivity index (χ4n) is 0. The molecular weight excluding hydrogens is 120 g/mol. The van der Waals surface area contributed by atoms with Gasteiger partial charge >= 0.3 is 49.3 Å². The molecule has 0 aromatic heterocycles. The molecule has 0 saturated heterocycles. The van der Waals surface area contributed by atoms with E-state index in [-0.39, 0.29) is 43.2 Å². The topological polar surface area (TPSA) is 62.6 Å². The largest absolute Gasteiger partial charge is 2.00 e. The van der Waals surface area contributed by atoms with E-state index in [1.165, 1.54) is 0 Å². The molecule has 0 N–H and O–H groups in total. The van der Waals surface area contributed by atoms with E-state index in [1.807, 2.05) is 0 Å². The monoisotopic (exact) mass is 120 g/mol. The Bertz CT molecular complexity index is 27.9. The molecule has 5 heteroatoms. The molecule has 0 atom stereocenters. The maximum Gasteiger partial charge on any atom is 2.00 e. The van der Waals surface area contributed by atoms with Crippen LogP contribution in [-0.2, 0) is 17.0 Å². The third-order valence-electron chi connectivity index (χ3n) is 0. The first-order valence-electron chi connectivity index (χ1n) is 0.333. The van der Waals surface area contributed by atoms with E-state index in [0.717, 1.165) is 0 Å². The van der Waals surface area contributed by atoms with Gasteiger partial charge in [0.15, 0.2) is 0 Å². The molecule has 0 rings (SSSR count). The van der Waals surface area contributed by atoms with Crippen LogP contribution >= 0.6 is 0 Å². The molecule has 0 aromatic carbocycles. The number of rotatable bonds is 0. The molecule has 0 spiro atoms. The standard InChI is InChI=1S/Ca.O2S.O/c;1-3-2;/q+2;;-2. The van der Waals surface area contributed by atoms with Gasteiger partial charge in [-0.25, -0.2) is 0 Å². The fourth-order valence-corrected chi connectivity index (χ4v) is 0. The normalized spacial score (nSPS) is 2.40. The summed E-state index contributed by atoms with van der Waals surface area (Å²) < 4.78 is 16.6. The SMILES string of the molecule is O=S=O.[Ca+2].[O-2]. The average molecular weight is 120 g/mol. The summed E-state index contributed by atoms with van der Waals surface area (Å²) >= 11 is -0.750. The van der Waals surface area contributed by atoms with E-state index in [2.05, 4.69) is 0 Å². The van der Waals surface area contributed by atoms with Crippen molar-refractivity contribution in [3.8, 4) is 0 Å². The molecule has 0 unspecified atom stereocenters. The zero-order chi connectivity index (χ0) is 2.71. The zero-order valence-electron chi connectivity index (χ0n) is 2.34. The van der Waals surface area contributed by atoms with Crippen LogP contribution in [0.2, 0.25) is 0 Å². The van der Waals surface area contributed by atoms with Crippen LogP contribution in [0.5, 0.6) is 0 Å².